The van der Waals surface area contributed by atoms with Gasteiger partial charge in [-0.25, -0.2) is 4.39 Å². The Morgan fingerprint density at radius 2 is 2.10 bits per heavy atom. The molecule has 0 fully saturated rings. The van der Waals surface area contributed by atoms with Gasteiger partial charge in [0.05, 0.1) is 4.92 Å². The lowest BCUT2D eigenvalue weighted by Crippen LogP contribution is -2.27. The highest BCUT2D eigenvalue weighted by Gasteiger charge is 2.10. The molecule has 1 amide bonds. The molecule has 0 radical (unpaired) electrons. The van der Waals surface area contributed by atoms with Gasteiger partial charge in [0.25, 0.3) is 0 Å². The van der Waals surface area contributed by atoms with Crippen molar-refractivity contribution in [3.8, 4) is 0 Å². The number of benzene rings is 1. The smallest absolute Gasteiger partial charge is 0.307 e. The highest BCUT2D eigenvalue weighted by molar-refractivity contribution is 5.75. The molecule has 8 heteroatoms. The Morgan fingerprint density at radius 3 is 2.70 bits per heavy atom. The summed E-state index contributed by atoms with van der Waals surface area (Å²) in [4.78, 5) is 21.5. The number of aromatic nitrogens is 2. The summed E-state index contributed by atoms with van der Waals surface area (Å²) in [5.74, 6) is -0.684. The molecule has 104 valence electrons. The number of halogens is 1. The van der Waals surface area contributed by atoms with Gasteiger partial charge in [-0.15, -0.1) is 0 Å². The highest BCUT2D eigenvalue weighted by atomic mass is 19.1. The molecule has 1 heterocycles. The van der Waals surface area contributed by atoms with Gasteiger partial charge in [0.2, 0.25) is 5.91 Å². The summed E-state index contributed by atoms with van der Waals surface area (Å²) in [7, 11) is 0. The largest absolute Gasteiger partial charge is 0.350 e. The monoisotopic (exact) mass is 278 g/mol. The summed E-state index contributed by atoms with van der Waals surface area (Å²) in [5.41, 5.74) is 0.586. The van der Waals surface area contributed by atoms with Crippen LogP contribution >= 0.6 is 0 Å². The van der Waals surface area contributed by atoms with Crippen LogP contribution in [0.1, 0.15) is 5.56 Å². The number of carbonyl (C=O) groups is 1. The van der Waals surface area contributed by atoms with Crippen LogP contribution in [0, 0.1) is 15.9 Å². The maximum Gasteiger partial charge on any atom is 0.307 e. The van der Waals surface area contributed by atoms with E-state index in [1.54, 1.807) is 12.1 Å². The molecule has 1 N–H and O–H groups in total. The van der Waals surface area contributed by atoms with Gasteiger partial charge in [0, 0.05) is 6.54 Å². The fraction of sp³-hybridized carbons (Fsp3) is 0.167. The van der Waals surface area contributed by atoms with E-state index in [1.165, 1.54) is 23.0 Å². The van der Waals surface area contributed by atoms with E-state index in [9.17, 15) is 19.3 Å². The van der Waals surface area contributed by atoms with Crippen LogP contribution in [0.4, 0.5) is 10.1 Å². The van der Waals surface area contributed by atoms with Crippen LogP contribution in [0.5, 0.6) is 0 Å². The second-order valence-corrected chi connectivity index (χ2v) is 4.06. The quantitative estimate of drug-likeness (QED) is 0.658. The molecule has 1 aromatic heterocycles. The van der Waals surface area contributed by atoms with Gasteiger partial charge in [0.15, 0.2) is 0 Å². The Kier molecular flexibility index (Phi) is 4.04. The lowest BCUT2D eigenvalue weighted by molar-refractivity contribution is -0.385. The van der Waals surface area contributed by atoms with Gasteiger partial charge in [-0.1, -0.05) is 12.1 Å². The van der Waals surface area contributed by atoms with Crippen molar-refractivity contribution < 1.29 is 14.1 Å². The number of rotatable bonds is 5. The van der Waals surface area contributed by atoms with E-state index in [2.05, 4.69) is 10.4 Å². The van der Waals surface area contributed by atoms with Crippen molar-refractivity contribution in [1.82, 2.24) is 15.1 Å². The van der Waals surface area contributed by atoms with Gasteiger partial charge < -0.3 is 5.32 Å². The normalized spacial score (nSPS) is 10.2. The average Bonchev–Trinajstić information content (AvgIpc) is 2.87. The molecule has 0 saturated heterocycles. The first-order chi connectivity index (χ1) is 9.54. The number of hydrogen-bond acceptors (Lipinski definition) is 4. The lowest BCUT2D eigenvalue weighted by atomic mass is 10.2. The minimum atomic E-state index is -0.583. The van der Waals surface area contributed by atoms with Crippen molar-refractivity contribution in [2.75, 3.05) is 0 Å². The Bertz CT molecular complexity index is 624. The maximum atomic E-state index is 12.7. The van der Waals surface area contributed by atoms with E-state index in [-0.39, 0.29) is 30.5 Å². The summed E-state index contributed by atoms with van der Waals surface area (Å²) < 4.78 is 13.9. The maximum absolute atomic E-state index is 12.7. The SMILES string of the molecule is O=C(Cn1cc([N+](=O)[O-])cn1)NCc1ccc(F)cc1. The van der Waals surface area contributed by atoms with Gasteiger partial charge in [-0.05, 0) is 17.7 Å². The van der Waals surface area contributed by atoms with Gasteiger partial charge in [-0.3, -0.25) is 19.6 Å². The minimum absolute atomic E-state index is 0.116. The van der Waals surface area contributed by atoms with Crippen molar-refractivity contribution >= 4 is 11.6 Å². The first-order valence-electron chi connectivity index (χ1n) is 5.72. The predicted octanol–water partition coefficient (Wildman–Crippen LogP) is 1.25. The van der Waals surface area contributed by atoms with Crippen molar-refractivity contribution in [2.45, 2.75) is 13.1 Å². The molecule has 0 aliphatic carbocycles. The first kappa shape index (κ1) is 13.7. The molecule has 7 nitrogen and oxygen atoms in total. The van der Waals surface area contributed by atoms with Crippen molar-refractivity contribution in [3.63, 3.8) is 0 Å². The van der Waals surface area contributed by atoms with Crippen LogP contribution in [0.2, 0.25) is 0 Å². The Balaban J connectivity index is 1.85. The second-order valence-electron chi connectivity index (χ2n) is 4.06. The van der Waals surface area contributed by atoms with Crippen molar-refractivity contribution in [3.05, 3.63) is 58.2 Å². The third kappa shape index (κ3) is 3.61. The Hall–Kier alpha value is -2.77. The Morgan fingerprint density at radius 1 is 1.40 bits per heavy atom. The molecule has 0 aliphatic rings. The lowest BCUT2D eigenvalue weighted by Gasteiger charge is -2.05. The molecule has 1 aromatic carbocycles. The molecular formula is C12H11FN4O3. The van der Waals surface area contributed by atoms with E-state index in [1.807, 2.05) is 0 Å². The second kappa shape index (κ2) is 5.91. The zero-order valence-electron chi connectivity index (χ0n) is 10.3. The molecule has 0 bridgehead atoms. The number of nitrogens with zero attached hydrogens (tertiary/aromatic N) is 3. The summed E-state index contributed by atoms with van der Waals surface area (Å²) in [5, 5.41) is 16.8. The minimum Gasteiger partial charge on any atom is -0.350 e. The third-order valence-corrected chi connectivity index (χ3v) is 2.54. The predicted molar refractivity (Wildman–Crippen MR) is 67.1 cm³/mol. The van der Waals surface area contributed by atoms with E-state index >= 15 is 0 Å². The van der Waals surface area contributed by atoms with E-state index in [4.69, 9.17) is 0 Å². The number of carbonyl (C=O) groups excluding carboxylic acids is 1. The van der Waals surface area contributed by atoms with E-state index in [0.717, 1.165) is 11.8 Å². The van der Waals surface area contributed by atoms with Crippen LogP contribution in [0.3, 0.4) is 0 Å². The molecular weight excluding hydrogens is 267 g/mol. The molecule has 2 aromatic rings. The zero-order chi connectivity index (χ0) is 14.5. The third-order valence-electron chi connectivity index (χ3n) is 2.54. The summed E-state index contributed by atoms with van der Waals surface area (Å²) in [6, 6.07) is 5.74. The van der Waals surface area contributed by atoms with Gasteiger partial charge in [-0.2, -0.15) is 5.10 Å². The molecule has 0 unspecified atom stereocenters. The van der Waals surface area contributed by atoms with Crippen LogP contribution in [0.15, 0.2) is 36.7 Å². The number of nitro groups is 1. The van der Waals surface area contributed by atoms with Crippen LogP contribution < -0.4 is 5.32 Å². The average molecular weight is 278 g/mol. The summed E-state index contributed by atoms with van der Waals surface area (Å²) in [6.45, 7) is 0.136. The van der Waals surface area contributed by atoms with Gasteiger partial charge >= 0.3 is 5.69 Å². The van der Waals surface area contributed by atoms with Crippen molar-refractivity contribution in [1.29, 1.82) is 0 Å². The Labute approximate surface area is 113 Å². The molecule has 0 saturated carbocycles. The molecule has 0 aliphatic heterocycles. The van der Waals surface area contributed by atoms with Crippen molar-refractivity contribution in [2.24, 2.45) is 0 Å². The molecule has 0 spiro atoms. The molecule has 0 atom stereocenters. The van der Waals surface area contributed by atoms with E-state index < -0.39 is 4.92 Å². The fourth-order valence-electron chi connectivity index (χ4n) is 1.54. The van der Waals surface area contributed by atoms with Crippen LogP contribution in [-0.2, 0) is 17.9 Å². The summed E-state index contributed by atoms with van der Waals surface area (Å²) >= 11 is 0. The first-order valence-corrected chi connectivity index (χ1v) is 5.72. The number of nitrogens with one attached hydrogen (secondary N) is 1. The topological polar surface area (TPSA) is 90.1 Å². The van der Waals surface area contributed by atoms with Crippen LogP contribution in [0.25, 0.3) is 0 Å². The standard InChI is InChI=1S/C12H11FN4O3/c13-10-3-1-9(2-4-10)5-14-12(18)8-16-7-11(6-15-16)17(19)20/h1-4,6-7H,5,8H2,(H,14,18). The van der Waals surface area contributed by atoms with Gasteiger partial charge in [0.1, 0.15) is 24.8 Å². The number of amides is 1. The fourth-order valence-corrected chi connectivity index (χ4v) is 1.54. The zero-order valence-corrected chi connectivity index (χ0v) is 10.3. The highest BCUT2D eigenvalue weighted by Crippen LogP contribution is 2.07. The van der Waals surface area contributed by atoms with E-state index in [0.29, 0.717) is 0 Å². The number of hydrogen-bond donors (Lipinski definition) is 1. The van der Waals surface area contributed by atoms with Crippen LogP contribution in [-0.4, -0.2) is 20.6 Å². The molecule has 2 rings (SSSR count). The molecule has 20 heavy (non-hydrogen) atoms. The summed E-state index contributed by atoms with van der Waals surface area (Å²) in [6.07, 6.45) is 2.25.